The first-order valence-electron chi connectivity index (χ1n) is 10.2. The van der Waals surface area contributed by atoms with Gasteiger partial charge in [-0.15, -0.1) is 0 Å². The lowest BCUT2D eigenvalue weighted by Gasteiger charge is -2.15. The highest BCUT2D eigenvalue weighted by Gasteiger charge is 2.26. The van der Waals surface area contributed by atoms with Crippen molar-refractivity contribution in [1.82, 2.24) is 0 Å². The number of hydrogen-bond donors (Lipinski definition) is 0. The second-order valence-corrected chi connectivity index (χ2v) is 9.15. The molecule has 0 amide bonds. The zero-order valence-electron chi connectivity index (χ0n) is 17.8. The number of benzene rings is 3. The van der Waals surface area contributed by atoms with Crippen molar-refractivity contribution in [3.05, 3.63) is 96.4 Å². The molecule has 0 bridgehead atoms. The first kappa shape index (κ1) is 24.5. The average Bonchev–Trinajstić information content (AvgIpc) is 3.13. The van der Waals surface area contributed by atoms with Gasteiger partial charge in [-0.05, 0) is 89.2 Å². The Labute approximate surface area is 219 Å². The zero-order chi connectivity index (χ0) is 24.2. The van der Waals surface area contributed by atoms with Crippen LogP contribution in [0, 0.1) is 9.39 Å². The third-order valence-corrected chi connectivity index (χ3v) is 6.04. The van der Waals surface area contributed by atoms with Gasteiger partial charge < -0.3 is 14.2 Å². The Morgan fingerprint density at radius 1 is 1.12 bits per heavy atom. The lowest BCUT2D eigenvalue weighted by Crippen LogP contribution is -2.06. The molecule has 3 aromatic carbocycles. The lowest BCUT2D eigenvalue weighted by molar-refractivity contribution is -0.129. The molecule has 0 unspecified atom stereocenters. The number of esters is 1. The van der Waals surface area contributed by atoms with Crippen LogP contribution in [0.3, 0.4) is 0 Å². The van der Waals surface area contributed by atoms with Crippen LogP contribution in [0.1, 0.15) is 23.6 Å². The first-order chi connectivity index (χ1) is 16.3. The van der Waals surface area contributed by atoms with E-state index in [-0.39, 0.29) is 24.0 Å². The summed E-state index contributed by atoms with van der Waals surface area (Å²) in [5.41, 5.74) is 1.95. The van der Waals surface area contributed by atoms with Crippen molar-refractivity contribution in [1.29, 1.82) is 0 Å². The van der Waals surface area contributed by atoms with Gasteiger partial charge in [-0.2, -0.15) is 0 Å². The third kappa shape index (κ3) is 5.71. The summed E-state index contributed by atoms with van der Waals surface area (Å²) in [6.07, 6.45) is 1.60. The second kappa shape index (κ2) is 10.8. The van der Waals surface area contributed by atoms with Crippen molar-refractivity contribution in [3.63, 3.8) is 0 Å². The zero-order valence-corrected chi connectivity index (χ0v) is 21.4. The number of carbonyl (C=O) groups excluding carboxylic acids is 1. The molecule has 174 valence electrons. The van der Waals surface area contributed by atoms with Gasteiger partial charge in [-0.1, -0.05) is 35.3 Å². The van der Waals surface area contributed by atoms with E-state index in [1.165, 1.54) is 12.1 Å². The summed E-state index contributed by atoms with van der Waals surface area (Å²) in [5, 5.41) is 0.792. The molecule has 0 aromatic heterocycles. The smallest absolute Gasteiger partial charge is 0.363 e. The number of rotatable bonds is 7. The van der Waals surface area contributed by atoms with Crippen molar-refractivity contribution in [2.24, 2.45) is 4.99 Å². The van der Waals surface area contributed by atoms with Gasteiger partial charge in [0, 0.05) is 5.02 Å². The van der Waals surface area contributed by atoms with Gasteiger partial charge in [-0.25, -0.2) is 14.2 Å². The molecule has 0 N–H and O–H groups in total. The largest absolute Gasteiger partial charge is 0.490 e. The van der Waals surface area contributed by atoms with Gasteiger partial charge >= 0.3 is 5.97 Å². The summed E-state index contributed by atoms with van der Waals surface area (Å²) in [6.45, 7) is 2.44. The summed E-state index contributed by atoms with van der Waals surface area (Å²) in [7, 11) is 0. The van der Waals surface area contributed by atoms with Crippen LogP contribution in [0.25, 0.3) is 6.08 Å². The molecule has 1 aliphatic heterocycles. The van der Waals surface area contributed by atoms with Gasteiger partial charge in [0.2, 0.25) is 5.90 Å². The normalized spacial score (nSPS) is 14.2. The van der Waals surface area contributed by atoms with Crippen LogP contribution < -0.4 is 9.47 Å². The van der Waals surface area contributed by atoms with E-state index in [4.69, 9.17) is 37.4 Å². The molecule has 0 atom stereocenters. The Morgan fingerprint density at radius 2 is 1.94 bits per heavy atom. The first-order valence-corrected chi connectivity index (χ1v) is 12.0. The number of ether oxygens (including phenoxy) is 3. The van der Waals surface area contributed by atoms with E-state index < -0.39 is 5.97 Å². The van der Waals surface area contributed by atoms with E-state index in [2.05, 4.69) is 27.6 Å². The maximum Gasteiger partial charge on any atom is 0.363 e. The highest BCUT2D eigenvalue weighted by molar-refractivity contribution is 14.1. The number of cyclic esters (lactones) is 1. The molecule has 0 saturated carbocycles. The SMILES string of the molecule is CCOc1cc(/C=C2\N=C(c3ccc(Cl)cc3Cl)OC2=O)cc(I)c1OCc1cccc(F)c1. The van der Waals surface area contributed by atoms with Gasteiger partial charge in [0.15, 0.2) is 17.2 Å². The molecular weight excluding hydrogens is 595 g/mol. The minimum absolute atomic E-state index is 0.104. The molecule has 5 nitrogen and oxygen atoms in total. The standard InChI is InChI=1S/C25H17Cl2FINO4/c1-2-32-22-11-15(9-20(29)23(22)33-13-14-4-3-5-17(28)8-14)10-21-25(31)34-24(30-21)18-7-6-16(26)12-19(18)27/h3-12H,2,13H2,1H3/b21-10-. The fourth-order valence-electron chi connectivity index (χ4n) is 3.20. The van der Waals surface area contributed by atoms with Crippen molar-refractivity contribution >= 4 is 63.7 Å². The maximum absolute atomic E-state index is 13.5. The number of hydrogen-bond acceptors (Lipinski definition) is 5. The predicted molar refractivity (Wildman–Crippen MR) is 138 cm³/mol. The van der Waals surface area contributed by atoms with Crippen LogP contribution in [0.15, 0.2) is 65.3 Å². The van der Waals surface area contributed by atoms with Crippen LogP contribution >= 0.6 is 45.8 Å². The van der Waals surface area contributed by atoms with Gasteiger partial charge in [0.05, 0.1) is 20.8 Å². The predicted octanol–water partition coefficient (Wildman–Crippen LogP) is 7.06. The Bertz CT molecular complexity index is 1330. The molecule has 34 heavy (non-hydrogen) atoms. The highest BCUT2D eigenvalue weighted by atomic mass is 127. The van der Waals surface area contributed by atoms with Gasteiger partial charge in [-0.3, -0.25) is 0 Å². The Balaban J connectivity index is 1.62. The maximum atomic E-state index is 13.5. The molecule has 0 saturated heterocycles. The molecule has 3 aromatic rings. The van der Waals surface area contributed by atoms with Gasteiger partial charge in [0.25, 0.3) is 0 Å². The molecule has 0 spiro atoms. The van der Waals surface area contributed by atoms with E-state index in [1.807, 2.05) is 13.0 Å². The summed E-state index contributed by atoms with van der Waals surface area (Å²) in [6, 6.07) is 14.6. The fraction of sp³-hybridized carbons (Fsp3) is 0.120. The van der Waals surface area contributed by atoms with Crippen LogP contribution in [0.4, 0.5) is 4.39 Å². The summed E-state index contributed by atoms with van der Waals surface area (Å²) in [4.78, 5) is 16.7. The monoisotopic (exact) mass is 611 g/mol. The topological polar surface area (TPSA) is 57.1 Å². The second-order valence-electron chi connectivity index (χ2n) is 7.14. The molecule has 4 rings (SSSR count). The van der Waals surface area contributed by atoms with Crippen LogP contribution in [0.5, 0.6) is 11.5 Å². The number of carbonyl (C=O) groups is 1. The molecule has 1 heterocycles. The molecular formula is C25H17Cl2FINO4. The Kier molecular flexibility index (Phi) is 7.75. The highest BCUT2D eigenvalue weighted by Crippen LogP contribution is 2.36. The Hall–Kier alpha value is -2.62. The quantitative estimate of drug-likeness (QED) is 0.163. The average molecular weight is 612 g/mol. The van der Waals surface area contributed by atoms with Gasteiger partial charge in [0.1, 0.15) is 12.4 Å². The molecule has 0 radical (unpaired) electrons. The van der Waals surface area contributed by atoms with E-state index >= 15 is 0 Å². The van der Waals surface area contributed by atoms with Crippen LogP contribution in [0.2, 0.25) is 10.0 Å². The van der Waals surface area contributed by atoms with Crippen molar-refractivity contribution in [2.75, 3.05) is 6.61 Å². The van der Waals surface area contributed by atoms with E-state index in [0.29, 0.717) is 44.8 Å². The van der Waals surface area contributed by atoms with E-state index in [1.54, 1.807) is 42.5 Å². The van der Waals surface area contributed by atoms with E-state index in [9.17, 15) is 9.18 Å². The van der Waals surface area contributed by atoms with Crippen molar-refractivity contribution < 1.29 is 23.4 Å². The molecule has 9 heteroatoms. The fourth-order valence-corrected chi connectivity index (χ4v) is 4.47. The van der Waals surface area contributed by atoms with Crippen molar-refractivity contribution in [2.45, 2.75) is 13.5 Å². The number of aliphatic imine (C=N–C) groups is 1. The van der Waals surface area contributed by atoms with Crippen molar-refractivity contribution in [3.8, 4) is 11.5 Å². The summed E-state index contributed by atoms with van der Waals surface area (Å²) < 4.78 is 31.2. The minimum atomic E-state index is -0.597. The van der Waals surface area contributed by atoms with Crippen LogP contribution in [-0.4, -0.2) is 18.5 Å². The van der Waals surface area contributed by atoms with Crippen LogP contribution in [-0.2, 0) is 16.1 Å². The molecule has 0 fully saturated rings. The number of nitrogens with zero attached hydrogens (tertiary/aromatic N) is 1. The molecule has 0 aliphatic carbocycles. The Morgan fingerprint density at radius 3 is 2.68 bits per heavy atom. The van der Waals surface area contributed by atoms with E-state index in [0.717, 1.165) is 3.57 Å². The molecule has 1 aliphatic rings. The third-order valence-electron chi connectivity index (χ3n) is 4.69. The summed E-state index contributed by atoms with van der Waals surface area (Å²) in [5.74, 6) is 0.202. The minimum Gasteiger partial charge on any atom is -0.490 e. The number of halogens is 4. The summed E-state index contributed by atoms with van der Waals surface area (Å²) >= 11 is 14.3. The lowest BCUT2D eigenvalue weighted by atomic mass is 10.1.